The largest absolute Gasteiger partial charge is 1.00 e. The van der Waals surface area contributed by atoms with Gasteiger partial charge in [0.15, 0.2) is 6.10 Å². The average Bonchev–Trinajstić information content (AvgIpc) is 2.44. The normalized spacial score (nSPS) is 12.2. The van der Waals surface area contributed by atoms with Gasteiger partial charge in [0, 0.05) is 0 Å². The van der Waals surface area contributed by atoms with Crippen molar-refractivity contribution in [3.05, 3.63) is 35.9 Å². The molecule has 0 heterocycles. The minimum Gasteiger partial charge on any atom is -1.00 e. The zero-order valence-electron chi connectivity index (χ0n) is 15.1. The zero-order chi connectivity index (χ0) is 17.5. The van der Waals surface area contributed by atoms with E-state index in [-0.39, 0.29) is 43.3 Å². The van der Waals surface area contributed by atoms with Crippen LogP contribution in [-0.4, -0.2) is 50.2 Å². The Kier molecular flexibility index (Phi) is 9.63. The summed E-state index contributed by atoms with van der Waals surface area (Å²) in [5, 5.41) is 0. The fourth-order valence-electron chi connectivity index (χ4n) is 2.04. The lowest BCUT2D eigenvalue weighted by atomic mass is 10.2. The summed E-state index contributed by atoms with van der Waals surface area (Å²) in [5.41, 5.74) is 0.933. The van der Waals surface area contributed by atoms with Crippen LogP contribution in [0.3, 0.4) is 0 Å². The van der Waals surface area contributed by atoms with Gasteiger partial charge in [-0.2, -0.15) is 0 Å². The smallest absolute Gasteiger partial charge is 0.310 e. The van der Waals surface area contributed by atoms with E-state index in [9.17, 15) is 9.59 Å². The van der Waals surface area contributed by atoms with Gasteiger partial charge in [0.25, 0.3) is 0 Å². The number of nitrogens with zero attached hydrogens (tertiary/aromatic N) is 1. The third kappa shape index (κ3) is 9.53. The number of ether oxygens (including phenoxy) is 2. The van der Waals surface area contributed by atoms with Crippen molar-refractivity contribution in [1.82, 2.24) is 0 Å². The van der Waals surface area contributed by atoms with E-state index >= 15 is 0 Å². The molecule has 0 spiro atoms. The van der Waals surface area contributed by atoms with E-state index < -0.39 is 6.10 Å². The minimum absolute atomic E-state index is 0. The number of hydrogen-bond acceptors (Lipinski definition) is 4. The van der Waals surface area contributed by atoms with Crippen LogP contribution < -0.4 is 12.4 Å². The third-order valence-electron chi connectivity index (χ3n) is 3.14. The van der Waals surface area contributed by atoms with E-state index in [1.165, 1.54) is 0 Å². The molecule has 0 fully saturated rings. The molecule has 0 bridgehead atoms. The van der Waals surface area contributed by atoms with Crippen molar-refractivity contribution in [2.75, 3.05) is 27.7 Å². The molecule has 1 aromatic rings. The van der Waals surface area contributed by atoms with Crippen molar-refractivity contribution in [2.45, 2.75) is 33.0 Å². The van der Waals surface area contributed by atoms with E-state index in [0.717, 1.165) is 5.56 Å². The first kappa shape index (κ1) is 22.4. The number of hydrogen-bond donors (Lipinski definition) is 0. The maximum absolute atomic E-state index is 12.0. The molecule has 0 aromatic heterocycles. The molecule has 0 aliphatic carbocycles. The Labute approximate surface area is 150 Å². The highest BCUT2D eigenvalue weighted by atomic mass is 35.5. The monoisotopic (exact) mass is 357 g/mol. The molecule has 0 saturated carbocycles. The van der Waals surface area contributed by atoms with Crippen LogP contribution >= 0.6 is 0 Å². The van der Waals surface area contributed by atoms with Crippen LogP contribution in [0, 0.1) is 5.92 Å². The number of benzene rings is 1. The van der Waals surface area contributed by atoms with Gasteiger partial charge in [0.2, 0.25) is 0 Å². The third-order valence-corrected chi connectivity index (χ3v) is 3.14. The lowest BCUT2D eigenvalue weighted by Gasteiger charge is -2.29. The van der Waals surface area contributed by atoms with E-state index in [1.807, 2.05) is 51.5 Å². The highest BCUT2D eigenvalue weighted by Gasteiger charge is 2.26. The van der Waals surface area contributed by atoms with E-state index in [2.05, 4.69) is 0 Å². The number of carbonyl (C=O) groups is 2. The maximum Gasteiger partial charge on any atom is 0.310 e. The lowest BCUT2D eigenvalue weighted by Crippen LogP contribution is -3.00. The molecular weight excluding hydrogens is 330 g/mol. The number of quaternary nitrogens is 1. The number of likely N-dealkylation sites (N-methyl/N-ethyl adjacent to an activating group) is 1. The summed E-state index contributed by atoms with van der Waals surface area (Å²) in [4.78, 5) is 23.9. The number of carbonyl (C=O) groups excluding carboxylic acids is 2. The predicted molar refractivity (Wildman–Crippen MR) is 88.5 cm³/mol. The molecule has 0 aliphatic rings. The quantitative estimate of drug-likeness (QED) is 0.460. The Bertz CT molecular complexity index is 512. The van der Waals surface area contributed by atoms with E-state index in [4.69, 9.17) is 9.47 Å². The summed E-state index contributed by atoms with van der Waals surface area (Å²) in [6, 6.07) is 9.50. The van der Waals surface area contributed by atoms with Crippen LogP contribution in [-0.2, 0) is 25.7 Å². The summed E-state index contributed by atoms with van der Waals surface area (Å²) >= 11 is 0. The number of esters is 2. The maximum atomic E-state index is 12.0. The van der Waals surface area contributed by atoms with Crippen LogP contribution in [0.2, 0.25) is 0 Å². The summed E-state index contributed by atoms with van der Waals surface area (Å²) in [6.45, 7) is 4.34. The molecule has 136 valence electrons. The predicted octanol–water partition coefficient (Wildman–Crippen LogP) is -0.602. The fraction of sp³-hybridized carbons (Fsp3) is 0.556. The summed E-state index contributed by atoms with van der Waals surface area (Å²) in [5.74, 6) is -0.867. The summed E-state index contributed by atoms with van der Waals surface area (Å²) in [7, 11) is 5.97. The van der Waals surface area contributed by atoms with Crippen LogP contribution in [0.5, 0.6) is 0 Å². The molecule has 0 N–H and O–H groups in total. The van der Waals surface area contributed by atoms with Gasteiger partial charge in [0.05, 0.1) is 33.5 Å². The fourth-order valence-corrected chi connectivity index (χ4v) is 2.04. The second-order valence-corrected chi connectivity index (χ2v) is 7.04. The first-order valence-electron chi connectivity index (χ1n) is 7.88. The minimum atomic E-state index is -0.479. The summed E-state index contributed by atoms with van der Waals surface area (Å²) < 4.78 is 11.3. The second kappa shape index (κ2) is 10.3. The average molecular weight is 358 g/mol. The molecule has 5 nitrogen and oxygen atoms in total. The topological polar surface area (TPSA) is 52.6 Å². The van der Waals surface area contributed by atoms with Gasteiger partial charge in [-0.15, -0.1) is 0 Å². The Morgan fingerprint density at radius 1 is 1.08 bits per heavy atom. The van der Waals surface area contributed by atoms with Crippen LogP contribution in [0.4, 0.5) is 0 Å². The van der Waals surface area contributed by atoms with Crippen molar-refractivity contribution >= 4 is 11.9 Å². The molecule has 0 radical (unpaired) electrons. The Balaban J connectivity index is 0.00000529. The van der Waals surface area contributed by atoms with E-state index in [1.54, 1.807) is 13.8 Å². The first-order valence-corrected chi connectivity index (χ1v) is 7.88. The molecule has 24 heavy (non-hydrogen) atoms. The molecule has 0 unspecified atom stereocenters. The Hall–Kier alpha value is -1.59. The SMILES string of the molecule is CC(C)C(=O)O[C@H](CC(=O)OCc1ccccc1)C[N+](C)(C)C.[Cl-]. The Morgan fingerprint density at radius 3 is 2.17 bits per heavy atom. The second-order valence-electron chi connectivity index (χ2n) is 7.04. The van der Waals surface area contributed by atoms with Crippen molar-refractivity contribution < 1.29 is 36.0 Å². The van der Waals surface area contributed by atoms with E-state index in [0.29, 0.717) is 11.0 Å². The van der Waals surface area contributed by atoms with Crippen molar-refractivity contribution in [3.63, 3.8) is 0 Å². The highest BCUT2D eigenvalue weighted by molar-refractivity contribution is 5.73. The van der Waals surface area contributed by atoms with Gasteiger partial charge < -0.3 is 26.4 Å². The van der Waals surface area contributed by atoms with Gasteiger partial charge in [0.1, 0.15) is 13.2 Å². The molecule has 6 heteroatoms. The van der Waals surface area contributed by atoms with Gasteiger partial charge in [-0.3, -0.25) is 9.59 Å². The molecular formula is C18H28ClNO4. The molecule has 1 atom stereocenters. The summed E-state index contributed by atoms with van der Waals surface area (Å²) in [6.07, 6.45) is -0.408. The standard InChI is InChI=1S/C18H28NO4.ClH/c1-14(2)18(21)23-16(12-19(3,4)5)11-17(20)22-13-15-9-7-6-8-10-15;/h6-10,14,16H,11-13H2,1-5H3;1H/q+1;/p-1/t16-;/m1./s1. The first-order chi connectivity index (χ1) is 10.7. The molecule has 1 aromatic carbocycles. The van der Waals surface area contributed by atoms with Crippen molar-refractivity contribution in [2.24, 2.45) is 5.92 Å². The highest BCUT2D eigenvalue weighted by Crippen LogP contribution is 2.10. The number of rotatable bonds is 8. The van der Waals surface area contributed by atoms with Gasteiger partial charge in [-0.1, -0.05) is 44.2 Å². The van der Waals surface area contributed by atoms with Crippen molar-refractivity contribution in [3.8, 4) is 0 Å². The van der Waals surface area contributed by atoms with Gasteiger partial charge in [-0.25, -0.2) is 0 Å². The molecule has 0 aliphatic heterocycles. The number of halogens is 1. The molecule has 0 amide bonds. The van der Waals surface area contributed by atoms with Crippen LogP contribution in [0.15, 0.2) is 30.3 Å². The molecule has 0 saturated heterocycles. The van der Waals surface area contributed by atoms with Crippen LogP contribution in [0.1, 0.15) is 25.8 Å². The zero-order valence-corrected chi connectivity index (χ0v) is 15.9. The molecule has 1 rings (SSSR count). The van der Waals surface area contributed by atoms with Gasteiger partial charge >= 0.3 is 11.9 Å². The van der Waals surface area contributed by atoms with Crippen molar-refractivity contribution in [1.29, 1.82) is 0 Å². The van der Waals surface area contributed by atoms with Crippen LogP contribution in [0.25, 0.3) is 0 Å². The Morgan fingerprint density at radius 2 is 1.67 bits per heavy atom. The van der Waals surface area contributed by atoms with Gasteiger partial charge in [-0.05, 0) is 5.56 Å². The lowest BCUT2D eigenvalue weighted by molar-refractivity contribution is -0.873.